The average Bonchev–Trinajstić information content (AvgIpc) is 3.09. The fourth-order valence-corrected chi connectivity index (χ4v) is 3.61. The van der Waals surface area contributed by atoms with Crippen molar-refractivity contribution in [1.82, 2.24) is 15.5 Å². The van der Waals surface area contributed by atoms with Crippen LogP contribution in [0.2, 0.25) is 0 Å². The maximum absolute atomic E-state index is 11.6. The van der Waals surface area contributed by atoms with Gasteiger partial charge in [-0.15, -0.1) is 4.68 Å². The van der Waals surface area contributed by atoms with E-state index in [2.05, 4.69) is 15.5 Å². The standard InChI is InChI=1S/C13H9N5O8S2.Na/c19-18(20)9-3-1-8(2-4-9)17-13(14-15-16-17)11-6-5-10(27(21,22)23)7-12(11)28(24,25)26;/h1-7H,(H2,21,22,23,24,25,26);/q;+1/p-1. The van der Waals surface area contributed by atoms with Gasteiger partial charge in [-0.2, -0.15) is 0 Å². The van der Waals surface area contributed by atoms with Crippen LogP contribution in [-0.4, -0.2) is 46.4 Å². The van der Waals surface area contributed by atoms with Crippen molar-refractivity contribution in [2.75, 3.05) is 0 Å². The first-order valence-corrected chi connectivity index (χ1v) is 9.94. The van der Waals surface area contributed by atoms with E-state index in [9.17, 15) is 36.1 Å². The smallest absolute Gasteiger partial charge is 0.744 e. The molecule has 0 atom stereocenters. The summed E-state index contributed by atoms with van der Waals surface area (Å²) in [6.45, 7) is 0. The molecule has 3 rings (SSSR count). The van der Waals surface area contributed by atoms with E-state index < -0.39 is 35.0 Å². The minimum absolute atomic E-state index is 0. The van der Waals surface area contributed by atoms with Gasteiger partial charge >= 0.3 is 35.4 Å². The van der Waals surface area contributed by atoms with Crippen LogP contribution in [0.5, 0.6) is 0 Å². The average molecular weight is 449 g/mol. The van der Waals surface area contributed by atoms with Crippen LogP contribution < -0.4 is 34.2 Å². The van der Waals surface area contributed by atoms with Crippen molar-refractivity contribution in [2.24, 2.45) is 0 Å². The van der Waals surface area contributed by atoms with E-state index in [4.69, 9.17) is 0 Å². The SMILES string of the molecule is O=[N+]([O-])c1ccc(-[n+]2[nH]nnc2-c2ccc(S(=O)(=O)[O-])cc2S(=O)(=O)[O-])cc1.[Na+]. The molecular formula is C13H8N5NaO8S2. The third-order valence-electron chi connectivity index (χ3n) is 3.57. The van der Waals surface area contributed by atoms with Crippen LogP contribution in [0.25, 0.3) is 17.1 Å². The maximum atomic E-state index is 11.6. The minimum atomic E-state index is -5.20. The molecule has 0 spiro atoms. The summed E-state index contributed by atoms with van der Waals surface area (Å²) in [5, 5.41) is 20.3. The van der Waals surface area contributed by atoms with E-state index >= 15 is 0 Å². The van der Waals surface area contributed by atoms with Gasteiger partial charge in [-0.25, -0.2) is 16.8 Å². The predicted octanol–water partition coefficient (Wildman–Crippen LogP) is -3.53. The molecule has 2 aromatic carbocycles. The fourth-order valence-electron chi connectivity index (χ4n) is 2.33. The number of aromatic nitrogens is 4. The van der Waals surface area contributed by atoms with Crippen LogP contribution in [0.15, 0.2) is 52.3 Å². The Balaban J connectivity index is 0.00000300. The summed E-state index contributed by atoms with van der Waals surface area (Å²) in [6, 6.07) is 7.15. The quantitative estimate of drug-likeness (QED) is 0.134. The van der Waals surface area contributed by atoms with Gasteiger partial charge in [-0.05, 0) is 30.3 Å². The Morgan fingerprint density at radius 3 is 2.10 bits per heavy atom. The first-order chi connectivity index (χ1) is 13.0. The summed E-state index contributed by atoms with van der Waals surface area (Å²) in [5.74, 6) is -0.210. The molecule has 0 aliphatic heterocycles. The van der Waals surface area contributed by atoms with Gasteiger partial charge in [0, 0.05) is 12.1 Å². The van der Waals surface area contributed by atoms with E-state index in [1.807, 2.05) is 0 Å². The summed E-state index contributed by atoms with van der Waals surface area (Å²) in [4.78, 5) is 8.23. The molecule has 16 heteroatoms. The minimum Gasteiger partial charge on any atom is -0.744 e. The van der Waals surface area contributed by atoms with Crippen molar-refractivity contribution in [3.05, 3.63) is 52.6 Å². The molecule has 1 N–H and O–H groups in total. The van der Waals surface area contributed by atoms with E-state index in [1.54, 1.807) is 0 Å². The molecule has 0 unspecified atom stereocenters. The molecule has 0 fully saturated rings. The first kappa shape index (κ1) is 23.0. The normalized spacial score (nSPS) is 11.7. The molecule has 1 aromatic heterocycles. The first-order valence-electron chi connectivity index (χ1n) is 7.12. The van der Waals surface area contributed by atoms with Crippen molar-refractivity contribution in [1.29, 1.82) is 0 Å². The Hall–Kier alpha value is -2.27. The Labute approximate surface area is 185 Å². The molecule has 1 heterocycles. The monoisotopic (exact) mass is 449 g/mol. The second-order valence-corrected chi connectivity index (χ2v) is 8.03. The third-order valence-corrected chi connectivity index (χ3v) is 5.28. The molecule has 13 nitrogen and oxygen atoms in total. The van der Waals surface area contributed by atoms with Gasteiger partial charge in [0.1, 0.15) is 31.0 Å². The van der Waals surface area contributed by atoms with E-state index in [0.717, 1.165) is 16.8 Å². The summed E-state index contributed by atoms with van der Waals surface area (Å²) in [7, 11) is -10.2. The van der Waals surface area contributed by atoms with E-state index in [-0.39, 0.29) is 52.3 Å². The molecule has 0 aliphatic carbocycles. The number of hydrogen-bond donors (Lipinski definition) is 1. The fraction of sp³-hybridized carbons (Fsp3) is 0. The second kappa shape index (κ2) is 8.23. The molecule has 0 amide bonds. The van der Waals surface area contributed by atoms with Crippen LogP contribution in [0.3, 0.4) is 0 Å². The molecule has 0 bridgehead atoms. The largest absolute Gasteiger partial charge is 1.00 e. The van der Waals surface area contributed by atoms with Crippen LogP contribution in [-0.2, 0) is 20.2 Å². The zero-order valence-electron chi connectivity index (χ0n) is 14.4. The molecule has 29 heavy (non-hydrogen) atoms. The molecule has 3 aromatic rings. The Morgan fingerprint density at radius 2 is 1.59 bits per heavy atom. The van der Waals surface area contributed by atoms with Gasteiger partial charge in [0.05, 0.1) is 20.3 Å². The van der Waals surface area contributed by atoms with Crippen molar-refractivity contribution < 1.29 is 65.1 Å². The molecule has 0 radical (unpaired) electrons. The number of non-ortho nitro benzene ring substituents is 1. The van der Waals surface area contributed by atoms with E-state index in [1.165, 1.54) is 24.3 Å². The number of nitro groups is 1. The number of tetrazole rings is 1. The number of nitrogens with one attached hydrogen (secondary N) is 1. The zero-order valence-corrected chi connectivity index (χ0v) is 18.0. The number of rotatable bonds is 5. The van der Waals surface area contributed by atoms with Crippen molar-refractivity contribution in [3.63, 3.8) is 0 Å². The Kier molecular flexibility index (Phi) is 6.53. The summed E-state index contributed by atoms with van der Waals surface area (Å²) >= 11 is 0. The number of nitrogens with zero attached hydrogens (tertiary/aromatic N) is 4. The molecular weight excluding hydrogens is 441 g/mol. The number of nitro benzene ring substituents is 1. The zero-order chi connectivity index (χ0) is 20.7. The van der Waals surface area contributed by atoms with Gasteiger partial charge in [-0.3, -0.25) is 10.1 Å². The van der Waals surface area contributed by atoms with Crippen LogP contribution in [0.1, 0.15) is 0 Å². The number of H-pyrrole nitrogens is 1. The molecule has 0 aliphatic rings. The Morgan fingerprint density at radius 1 is 0.966 bits per heavy atom. The maximum Gasteiger partial charge on any atom is 1.00 e. The molecule has 146 valence electrons. The van der Waals surface area contributed by atoms with Crippen LogP contribution >= 0.6 is 0 Å². The topological polar surface area (TPSA) is 203 Å². The van der Waals surface area contributed by atoms with E-state index in [0.29, 0.717) is 6.07 Å². The predicted molar refractivity (Wildman–Crippen MR) is 85.9 cm³/mol. The number of benzene rings is 2. The van der Waals surface area contributed by atoms with Gasteiger partial charge < -0.3 is 9.11 Å². The molecule has 0 saturated carbocycles. The molecule has 0 saturated heterocycles. The second-order valence-electron chi connectivity index (χ2n) is 5.30. The van der Waals surface area contributed by atoms with Gasteiger partial charge in [0.2, 0.25) is 0 Å². The summed E-state index contributed by atoms with van der Waals surface area (Å²) in [5.41, 5.74) is -0.277. The van der Waals surface area contributed by atoms with Crippen molar-refractivity contribution >= 4 is 25.9 Å². The number of hydrogen-bond acceptors (Lipinski definition) is 10. The van der Waals surface area contributed by atoms with Crippen LogP contribution in [0.4, 0.5) is 5.69 Å². The summed E-state index contributed by atoms with van der Waals surface area (Å²) < 4.78 is 69.3. The van der Waals surface area contributed by atoms with Gasteiger partial charge in [0.25, 0.3) is 5.69 Å². The van der Waals surface area contributed by atoms with Crippen molar-refractivity contribution in [3.8, 4) is 17.1 Å². The van der Waals surface area contributed by atoms with Gasteiger partial charge in [0.15, 0.2) is 5.21 Å². The van der Waals surface area contributed by atoms with Crippen LogP contribution in [0, 0.1) is 10.1 Å². The Bertz CT molecular complexity index is 1290. The third kappa shape index (κ3) is 4.84. The number of aromatic amines is 1. The summed E-state index contributed by atoms with van der Waals surface area (Å²) in [6.07, 6.45) is 0. The van der Waals surface area contributed by atoms with Crippen molar-refractivity contribution in [2.45, 2.75) is 9.79 Å². The van der Waals surface area contributed by atoms with Gasteiger partial charge in [-0.1, -0.05) is 5.21 Å².